The van der Waals surface area contributed by atoms with Gasteiger partial charge >= 0.3 is 0 Å². The van der Waals surface area contributed by atoms with E-state index in [1.165, 1.54) is 18.2 Å². The minimum absolute atomic E-state index is 0.153. The van der Waals surface area contributed by atoms with Crippen LogP contribution in [0.15, 0.2) is 24.3 Å². The summed E-state index contributed by atoms with van der Waals surface area (Å²) in [5, 5.41) is 9.70. The van der Waals surface area contributed by atoms with Gasteiger partial charge in [0, 0.05) is 17.5 Å². The molecule has 1 aromatic heterocycles. The maximum Gasteiger partial charge on any atom is 0.136 e. The Bertz CT molecular complexity index is 467. The van der Waals surface area contributed by atoms with Crippen LogP contribution in [0.5, 0.6) is 5.75 Å². The number of benzene rings is 1. The number of rotatable bonds is 0. The number of halogens is 2. The van der Waals surface area contributed by atoms with E-state index < -0.39 is 5.82 Å². The zero-order chi connectivity index (χ0) is 9.42. The molecule has 1 N–H and O–H groups in total. The highest BCUT2D eigenvalue weighted by molar-refractivity contribution is 6.29. The molecule has 0 aliphatic carbocycles. The summed E-state index contributed by atoms with van der Waals surface area (Å²) in [5.74, 6) is -0.654. The van der Waals surface area contributed by atoms with Gasteiger partial charge in [-0.25, -0.2) is 9.37 Å². The Morgan fingerprint density at radius 1 is 1.31 bits per heavy atom. The zero-order valence-corrected chi connectivity index (χ0v) is 7.22. The molecule has 0 amide bonds. The molecule has 0 atom stereocenters. The third-order valence-corrected chi connectivity index (χ3v) is 1.92. The summed E-state index contributed by atoms with van der Waals surface area (Å²) in [6.07, 6.45) is 0. The van der Waals surface area contributed by atoms with E-state index in [1.807, 2.05) is 0 Å². The van der Waals surface area contributed by atoms with E-state index in [2.05, 4.69) is 4.98 Å². The molecule has 1 aromatic carbocycles. The van der Waals surface area contributed by atoms with Crippen LogP contribution in [0.2, 0.25) is 5.15 Å². The summed E-state index contributed by atoms with van der Waals surface area (Å²) in [7, 11) is 0. The van der Waals surface area contributed by atoms with E-state index in [0.29, 0.717) is 10.9 Å². The molecule has 4 heteroatoms. The average Bonchev–Trinajstić information content (AvgIpc) is 2.02. The van der Waals surface area contributed by atoms with Crippen molar-refractivity contribution in [1.29, 1.82) is 0 Å². The lowest BCUT2D eigenvalue weighted by molar-refractivity contribution is 0.471. The third-order valence-electron chi connectivity index (χ3n) is 1.71. The number of hydrogen-bond acceptors (Lipinski definition) is 2. The quantitative estimate of drug-likeness (QED) is 0.659. The van der Waals surface area contributed by atoms with Crippen LogP contribution < -0.4 is 0 Å². The van der Waals surface area contributed by atoms with Crippen LogP contribution in [0, 0.1) is 5.82 Å². The molecule has 0 saturated heterocycles. The van der Waals surface area contributed by atoms with Crippen LogP contribution in [-0.4, -0.2) is 10.1 Å². The van der Waals surface area contributed by atoms with Crippen LogP contribution in [0.1, 0.15) is 0 Å². The van der Waals surface area contributed by atoms with Gasteiger partial charge in [-0.05, 0) is 12.1 Å². The highest BCUT2D eigenvalue weighted by Gasteiger charge is 2.04. The van der Waals surface area contributed by atoms with Crippen molar-refractivity contribution in [2.75, 3.05) is 0 Å². The first-order valence-corrected chi connectivity index (χ1v) is 3.99. The molecule has 66 valence electrons. The van der Waals surface area contributed by atoms with Gasteiger partial charge in [-0.3, -0.25) is 0 Å². The maximum atomic E-state index is 13.1. The summed E-state index contributed by atoms with van der Waals surface area (Å²) in [4.78, 5) is 3.86. The standard InChI is InChI=1S/C9H5ClFNO/c10-9-2-1-6-7(11)3-5(13)4-8(6)12-9/h1-4,13H. The number of aromatic hydroxyl groups is 1. The fourth-order valence-electron chi connectivity index (χ4n) is 1.15. The van der Waals surface area contributed by atoms with E-state index in [1.54, 1.807) is 0 Å². The predicted molar refractivity (Wildman–Crippen MR) is 48.4 cm³/mol. The molecule has 0 aliphatic rings. The van der Waals surface area contributed by atoms with E-state index >= 15 is 0 Å². The number of hydrogen-bond donors (Lipinski definition) is 1. The van der Waals surface area contributed by atoms with Crippen LogP contribution in [0.3, 0.4) is 0 Å². The van der Waals surface area contributed by atoms with E-state index in [4.69, 9.17) is 16.7 Å². The predicted octanol–water partition coefficient (Wildman–Crippen LogP) is 2.73. The number of nitrogens with zero attached hydrogens (tertiary/aromatic N) is 1. The summed E-state index contributed by atoms with van der Waals surface area (Å²) in [6.45, 7) is 0. The third kappa shape index (κ3) is 1.42. The summed E-state index contributed by atoms with van der Waals surface area (Å²) in [6, 6.07) is 5.44. The molecule has 2 aromatic rings. The molecule has 0 bridgehead atoms. The van der Waals surface area contributed by atoms with E-state index in [0.717, 1.165) is 6.07 Å². The Morgan fingerprint density at radius 2 is 2.08 bits per heavy atom. The van der Waals surface area contributed by atoms with Gasteiger partial charge in [0.15, 0.2) is 0 Å². The Labute approximate surface area is 78.6 Å². The summed E-state index contributed by atoms with van der Waals surface area (Å²) >= 11 is 5.61. The van der Waals surface area contributed by atoms with Crippen molar-refractivity contribution >= 4 is 22.5 Å². The molecule has 0 aliphatic heterocycles. The van der Waals surface area contributed by atoms with Crippen LogP contribution in [-0.2, 0) is 0 Å². The first-order chi connectivity index (χ1) is 6.16. The average molecular weight is 198 g/mol. The second-order valence-corrected chi connectivity index (χ2v) is 3.02. The minimum atomic E-state index is -0.501. The highest BCUT2D eigenvalue weighted by Crippen LogP contribution is 2.23. The van der Waals surface area contributed by atoms with Crippen LogP contribution in [0.25, 0.3) is 10.9 Å². The van der Waals surface area contributed by atoms with Gasteiger partial charge in [0.2, 0.25) is 0 Å². The molecule has 13 heavy (non-hydrogen) atoms. The Hall–Kier alpha value is -1.35. The van der Waals surface area contributed by atoms with Gasteiger partial charge in [-0.2, -0.15) is 0 Å². The molecule has 0 unspecified atom stereocenters. The molecule has 0 radical (unpaired) electrons. The van der Waals surface area contributed by atoms with Gasteiger partial charge in [0.05, 0.1) is 5.52 Å². The molecule has 0 fully saturated rings. The lowest BCUT2D eigenvalue weighted by Crippen LogP contribution is -1.83. The second kappa shape index (κ2) is 2.85. The molecular formula is C9H5ClFNO. The Balaban J connectivity index is 2.86. The summed E-state index contributed by atoms with van der Waals surface area (Å²) < 4.78 is 13.1. The minimum Gasteiger partial charge on any atom is -0.508 e. The van der Waals surface area contributed by atoms with E-state index in [-0.39, 0.29) is 10.9 Å². The molecule has 2 rings (SSSR count). The maximum absolute atomic E-state index is 13.1. The van der Waals surface area contributed by atoms with Crippen molar-refractivity contribution < 1.29 is 9.50 Å². The lowest BCUT2D eigenvalue weighted by Gasteiger charge is -1.99. The normalized spacial score (nSPS) is 10.6. The number of pyridine rings is 1. The number of phenolic OH excluding ortho intramolecular Hbond substituents is 1. The molecule has 1 heterocycles. The van der Waals surface area contributed by atoms with Crippen LogP contribution in [0.4, 0.5) is 4.39 Å². The van der Waals surface area contributed by atoms with Gasteiger partial charge < -0.3 is 5.11 Å². The smallest absolute Gasteiger partial charge is 0.136 e. The molecule has 0 spiro atoms. The molecule has 0 saturated carbocycles. The van der Waals surface area contributed by atoms with Gasteiger partial charge in [0.1, 0.15) is 16.7 Å². The Morgan fingerprint density at radius 3 is 2.85 bits per heavy atom. The zero-order valence-electron chi connectivity index (χ0n) is 6.46. The lowest BCUT2D eigenvalue weighted by atomic mass is 10.2. The SMILES string of the molecule is Oc1cc(F)c2ccc(Cl)nc2c1. The van der Waals surface area contributed by atoms with Crippen molar-refractivity contribution in [3.63, 3.8) is 0 Å². The Kier molecular flexibility index (Phi) is 1.81. The monoisotopic (exact) mass is 197 g/mol. The van der Waals surface area contributed by atoms with Gasteiger partial charge in [0.25, 0.3) is 0 Å². The van der Waals surface area contributed by atoms with Crippen molar-refractivity contribution in [2.45, 2.75) is 0 Å². The number of aromatic nitrogens is 1. The molecule has 2 nitrogen and oxygen atoms in total. The largest absolute Gasteiger partial charge is 0.508 e. The highest BCUT2D eigenvalue weighted by atomic mass is 35.5. The van der Waals surface area contributed by atoms with Crippen molar-refractivity contribution in [1.82, 2.24) is 4.98 Å². The van der Waals surface area contributed by atoms with E-state index in [9.17, 15) is 4.39 Å². The number of phenols is 1. The fourth-order valence-corrected chi connectivity index (χ4v) is 1.31. The fraction of sp³-hybridized carbons (Fsp3) is 0. The molecular weight excluding hydrogens is 193 g/mol. The van der Waals surface area contributed by atoms with Gasteiger partial charge in [-0.1, -0.05) is 11.6 Å². The van der Waals surface area contributed by atoms with Crippen molar-refractivity contribution in [3.8, 4) is 5.75 Å². The second-order valence-electron chi connectivity index (χ2n) is 2.63. The topological polar surface area (TPSA) is 33.1 Å². The van der Waals surface area contributed by atoms with Crippen LogP contribution >= 0.6 is 11.6 Å². The van der Waals surface area contributed by atoms with Crippen molar-refractivity contribution in [3.05, 3.63) is 35.2 Å². The number of fused-ring (bicyclic) bond motifs is 1. The first-order valence-electron chi connectivity index (χ1n) is 3.61. The first kappa shape index (κ1) is 8.26. The van der Waals surface area contributed by atoms with Gasteiger partial charge in [-0.15, -0.1) is 0 Å². The van der Waals surface area contributed by atoms with Crippen molar-refractivity contribution in [2.24, 2.45) is 0 Å². The summed E-state index contributed by atoms with van der Waals surface area (Å²) in [5.41, 5.74) is 0.352.